The van der Waals surface area contributed by atoms with E-state index in [1.165, 1.54) is 0 Å². The lowest BCUT2D eigenvalue weighted by Gasteiger charge is -2.19. The van der Waals surface area contributed by atoms with Crippen LogP contribution in [0.25, 0.3) is 10.9 Å². The molecule has 0 radical (unpaired) electrons. The molecule has 0 atom stereocenters. The van der Waals surface area contributed by atoms with Crippen LogP contribution in [-0.2, 0) is 11.3 Å². The molecule has 2 aromatic carbocycles. The van der Waals surface area contributed by atoms with Gasteiger partial charge in [0, 0.05) is 47.9 Å². The van der Waals surface area contributed by atoms with Crippen LogP contribution in [0.4, 0.5) is 5.69 Å². The minimum atomic E-state index is -0.217. The molecule has 3 aromatic rings. The first-order chi connectivity index (χ1) is 15.1. The van der Waals surface area contributed by atoms with E-state index in [0.717, 1.165) is 17.3 Å². The van der Waals surface area contributed by atoms with Crippen molar-refractivity contribution in [2.45, 2.75) is 26.8 Å². The van der Waals surface area contributed by atoms with Crippen LogP contribution in [0.15, 0.2) is 48.7 Å². The highest BCUT2D eigenvalue weighted by Crippen LogP contribution is 2.31. The summed E-state index contributed by atoms with van der Waals surface area (Å²) < 4.78 is 13.2. The quantitative estimate of drug-likeness (QED) is 0.655. The van der Waals surface area contributed by atoms with Crippen LogP contribution in [0.1, 0.15) is 30.6 Å². The highest BCUT2D eigenvalue weighted by atomic mass is 16.5. The topological polar surface area (TPSA) is 72.8 Å². The summed E-state index contributed by atoms with van der Waals surface area (Å²) in [6.07, 6.45) is 2.72. The van der Waals surface area contributed by atoms with Gasteiger partial charge in [0.1, 0.15) is 6.54 Å². The van der Waals surface area contributed by atoms with Gasteiger partial charge in [-0.3, -0.25) is 9.59 Å². The third-order valence-electron chi connectivity index (χ3n) is 5.46. The van der Waals surface area contributed by atoms with Crippen LogP contribution in [0.3, 0.4) is 0 Å². The Labute approximate surface area is 181 Å². The summed E-state index contributed by atoms with van der Waals surface area (Å²) in [5.41, 5.74) is 2.15. The average molecular weight is 421 g/mol. The average Bonchev–Trinajstić information content (AvgIpc) is 3.01. The van der Waals surface area contributed by atoms with E-state index in [2.05, 4.69) is 5.32 Å². The van der Waals surface area contributed by atoms with Gasteiger partial charge in [-0.1, -0.05) is 0 Å². The van der Waals surface area contributed by atoms with Crippen molar-refractivity contribution in [2.24, 2.45) is 0 Å². The highest BCUT2D eigenvalue weighted by Gasteiger charge is 2.15. The Morgan fingerprint density at radius 2 is 1.77 bits per heavy atom. The largest absolute Gasteiger partial charge is 0.490 e. The van der Waals surface area contributed by atoms with Crippen LogP contribution in [0.2, 0.25) is 0 Å². The molecule has 0 fully saturated rings. The normalized spacial score (nSPS) is 13.0. The predicted octanol–water partition coefficient (Wildman–Crippen LogP) is 3.92. The van der Waals surface area contributed by atoms with Gasteiger partial charge in [0.05, 0.1) is 13.2 Å². The number of aromatic nitrogens is 1. The fourth-order valence-electron chi connectivity index (χ4n) is 3.75. The molecule has 7 heteroatoms. The second-order valence-corrected chi connectivity index (χ2v) is 7.45. The number of ether oxygens (including phenoxy) is 2. The maximum atomic E-state index is 12.8. The SMILES string of the molecule is CCN(CC)C(=O)Cn1ccc2cc(NC(=O)c3ccc4c(c3)OCCCO4)ccc21. The third-order valence-corrected chi connectivity index (χ3v) is 5.46. The van der Waals surface area contributed by atoms with Crippen molar-refractivity contribution in [1.82, 2.24) is 9.47 Å². The third kappa shape index (κ3) is 4.50. The molecule has 0 bridgehead atoms. The van der Waals surface area contributed by atoms with Gasteiger partial charge in [-0.15, -0.1) is 0 Å². The maximum Gasteiger partial charge on any atom is 0.255 e. The molecule has 4 rings (SSSR count). The molecule has 1 aromatic heterocycles. The van der Waals surface area contributed by atoms with Crippen LogP contribution in [0.5, 0.6) is 11.5 Å². The number of benzene rings is 2. The van der Waals surface area contributed by atoms with Gasteiger partial charge in [0.15, 0.2) is 11.5 Å². The number of carbonyl (C=O) groups is 2. The molecule has 0 saturated carbocycles. The predicted molar refractivity (Wildman–Crippen MR) is 120 cm³/mol. The molecule has 162 valence electrons. The Morgan fingerprint density at radius 3 is 2.55 bits per heavy atom. The minimum Gasteiger partial charge on any atom is -0.490 e. The molecule has 0 spiro atoms. The number of nitrogens with zero attached hydrogens (tertiary/aromatic N) is 2. The van der Waals surface area contributed by atoms with Gasteiger partial charge in [0.25, 0.3) is 5.91 Å². The van der Waals surface area contributed by atoms with Gasteiger partial charge >= 0.3 is 0 Å². The number of fused-ring (bicyclic) bond motifs is 2. The number of carbonyl (C=O) groups excluding carboxylic acids is 2. The van der Waals surface area contributed by atoms with Crippen molar-refractivity contribution in [3.8, 4) is 11.5 Å². The first kappa shape index (κ1) is 20.8. The zero-order valence-electron chi connectivity index (χ0n) is 17.9. The molecule has 2 heterocycles. The van der Waals surface area contributed by atoms with E-state index in [0.29, 0.717) is 55.6 Å². The Morgan fingerprint density at radius 1 is 1.00 bits per heavy atom. The van der Waals surface area contributed by atoms with E-state index in [9.17, 15) is 9.59 Å². The van der Waals surface area contributed by atoms with E-state index >= 15 is 0 Å². The summed E-state index contributed by atoms with van der Waals surface area (Å²) in [6, 6.07) is 12.9. The lowest BCUT2D eigenvalue weighted by Crippen LogP contribution is -2.33. The highest BCUT2D eigenvalue weighted by molar-refractivity contribution is 6.05. The first-order valence-corrected chi connectivity index (χ1v) is 10.7. The fourth-order valence-corrected chi connectivity index (χ4v) is 3.75. The van der Waals surface area contributed by atoms with Crippen LogP contribution >= 0.6 is 0 Å². The number of nitrogens with one attached hydrogen (secondary N) is 1. The van der Waals surface area contributed by atoms with Crippen molar-refractivity contribution in [3.05, 3.63) is 54.2 Å². The molecule has 7 nitrogen and oxygen atoms in total. The van der Waals surface area contributed by atoms with E-state index in [-0.39, 0.29) is 11.8 Å². The maximum absolute atomic E-state index is 12.8. The Kier molecular flexibility index (Phi) is 6.11. The zero-order valence-corrected chi connectivity index (χ0v) is 17.9. The van der Waals surface area contributed by atoms with Crippen LogP contribution in [-0.4, -0.2) is 47.6 Å². The van der Waals surface area contributed by atoms with Crippen molar-refractivity contribution < 1.29 is 19.1 Å². The van der Waals surface area contributed by atoms with Crippen molar-refractivity contribution >= 4 is 28.4 Å². The number of hydrogen-bond donors (Lipinski definition) is 1. The summed E-state index contributed by atoms with van der Waals surface area (Å²) in [5.74, 6) is 1.13. The molecule has 0 saturated heterocycles. The summed E-state index contributed by atoms with van der Waals surface area (Å²) >= 11 is 0. The molecular formula is C24H27N3O4. The Balaban J connectivity index is 1.49. The second kappa shape index (κ2) is 9.12. The van der Waals surface area contributed by atoms with Crippen LogP contribution in [0, 0.1) is 0 Å². The molecule has 1 N–H and O–H groups in total. The summed E-state index contributed by atoms with van der Waals surface area (Å²) in [5, 5.41) is 3.90. The number of amides is 2. The van der Waals surface area contributed by atoms with Crippen LogP contribution < -0.4 is 14.8 Å². The van der Waals surface area contributed by atoms with E-state index in [4.69, 9.17) is 9.47 Å². The standard InChI is InChI=1S/C24H27N3O4/c1-3-26(4-2)23(28)16-27-11-10-17-14-19(7-8-20(17)27)25-24(29)18-6-9-21-22(15-18)31-13-5-12-30-21/h6-11,14-15H,3-5,12-13,16H2,1-2H3,(H,25,29). The molecule has 1 aliphatic heterocycles. The van der Waals surface area contributed by atoms with Gasteiger partial charge in [-0.05, 0) is 56.3 Å². The molecular weight excluding hydrogens is 394 g/mol. The smallest absolute Gasteiger partial charge is 0.255 e. The van der Waals surface area contributed by atoms with Gasteiger partial charge in [-0.25, -0.2) is 0 Å². The summed E-state index contributed by atoms with van der Waals surface area (Å²) in [7, 11) is 0. The number of hydrogen-bond acceptors (Lipinski definition) is 4. The first-order valence-electron chi connectivity index (χ1n) is 10.7. The lowest BCUT2D eigenvalue weighted by molar-refractivity contribution is -0.131. The fraction of sp³-hybridized carbons (Fsp3) is 0.333. The molecule has 31 heavy (non-hydrogen) atoms. The van der Waals surface area contributed by atoms with Gasteiger partial charge < -0.3 is 24.3 Å². The van der Waals surface area contributed by atoms with Gasteiger partial charge in [0.2, 0.25) is 5.91 Å². The second-order valence-electron chi connectivity index (χ2n) is 7.45. The Hall–Kier alpha value is -3.48. The Bertz CT molecular complexity index is 1100. The summed E-state index contributed by atoms with van der Waals surface area (Å²) in [4.78, 5) is 27.0. The molecule has 2 amide bonds. The van der Waals surface area contributed by atoms with Crippen molar-refractivity contribution in [1.29, 1.82) is 0 Å². The van der Waals surface area contributed by atoms with Crippen molar-refractivity contribution in [2.75, 3.05) is 31.6 Å². The van der Waals surface area contributed by atoms with E-state index < -0.39 is 0 Å². The number of anilines is 1. The summed E-state index contributed by atoms with van der Waals surface area (Å²) in [6.45, 7) is 6.84. The minimum absolute atomic E-state index is 0.0919. The number of rotatable bonds is 6. The molecule has 1 aliphatic rings. The molecule has 0 unspecified atom stereocenters. The number of likely N-dealkylation sites (N-methyl/N-ethyl adjacent to an activating group) is 1. The van der Waals surface area contributed by atoms with E-state index in [1.807, 2.05) is 53.8 Å². The molecule has 0 aliphatic carbocycles. The monoisotopic (exact) mass is 421 g/mol. The van der Waals surface area contributed by atoms with Crippen molar-refractivity contribution in [3.63, 3.8) is 0 Å². The zero-order chi connectivity index (χ0) is 21.8. The van der Waals surface area contributed by atoms with Gasteiger partial charge in [-0.2, -0.15) is 0 Å². The van der Waals surface area contributed by atoms with E-state index in [1.54, 1.807) is 18.2 Å². The lowest BCUT2D eigenvalue weighted by atomic mass is 10.1.